The Balaban J connectivity index is 1.44. The van der Waals surface area contributed by atoms with Crippen LogP contribution in [0.1, 0.15) is 18.0 Å². The van der Waals surface area contributed by atoms with E-state index in [-0.39, 0.29) is 23.4 Å². The topological polar surface area (TPSA) is 70.6 Å². The van der Waals surface area contributed by atoms with Crippen LogP contribution in [0.4, 0.5) is 5.69 Å². The Morgan fingerprint density at radius 2 is 1.83 bits per heavy atom. The van der Waals surface area contributed by atoms with Gasteiger partial charge in [0.1, 0.15) is 11.6 Å². The first-order valence-corrected chi connectivity index (χ1v) is 11.8. The molecule has 0 N–H and O–H groups in total. The molecule has 6 nitrogen and oxygen atoms in total. The van der Waals surface area contributed by atoms with Crippen molar-refractivity contribution in [2.75, 3.05) is 17.9 Å². The average Bonchev–Trinajstić information content (AvgIpc) is 3.27. The highest BCUT2D eigenvalue weighted by molar-refractivity contribution is 7.93. The minimum Gasteiger partial charge on any atom is -0.335 e. The van der Waals surface area contributed by atoms with Gasteiger partial charge in [-0.05, 0) is 36.6 Å². The maximum atomic E-state index is 13.1. The van der Waals surface area contributed by atoms with Gasteiger partial charge in [0.05, 0.1) is 26.8 Å². The van der Waals surface area contributed by atoms with Gasteiger partial charge < -0.3 is 4.90 Å². The molecule has 0 saturated carbocycles. The van der Waals surface area contributed by atoms with Crippen LogP contribution in [0.15, 0.2) is 65.6 Å². The summed E-state index contributed by atoms with van der Waals surface area (Å²) < 4.78 is 28.5. The fraction of sp³-hybridized carbons (Fsp3) is 0.182. The number of fused-ring (bicyclic) bond motifs is 1. The number of para-hydroxylation sites is 1. The lowest BCUT2D eigenvalue weighted by Crippen LogP contribution is -2.40. The van der Waals surface area contributed by atoms with Crippen molar-refractivity contribution in [3.8, 4) is 0 Å². The Labute approximate surface area is 178 Å². The van der Waals surface area contributed by atoms with Crippen LogP contribution >= 0.6 is 11.3 Å². The van der Waals surface area contributed by atoms with E-state index in [2.05, 4.69) is 4.98 Å². The van der Waals surface area contributed by atoms with Crippen LogP contribution in [0, 0.1) is 0 Å². The molecule has 1 amide bonds. The van der Waals surface area contributed by atoms with Crippen molar-refractivity contribution in [1.82, 2.24) is 9.88 Å². The molecule has 0 bridgehead atoms. The van der Waals surface area contributed by atoms with Crippen LogP contribution in [0.2, 0.25) is 0 Å². The lowest BCUT2D eigenvalue weighted by Gasteiger charge is -2.26. The molecule has 0 saturated heterocycles. The Kier molecular flexibility index (Phi) is 4.30. The Bertz CT molecular complexity index is 1370. The lowest BCUT2D eigenvalue weighted by molar-refractivity contribution is -0.130. The van der Waals surface area contributed by atoms with Crippen LogP contribution in [-0.4, -0.2) is 37.8 Å². The van der Waals surface area contributed by atoms with Crippen molar-refractivity contribution in [3.63, 3.8) is 0 Å². The fourth-order valence-corrected chi connectivity index (χ4v) is 6.54. The molecule has 0 fully saturated rings. The van der Waals surface area contributed by atoms with E-state index >= 15 is 0 Å². The molecule has 4 aromatic rings. The van der Waals surface area contributed by atoms with Crippen molar-refractivity contribution in [3.05, 3.63) is 65.7 Å². The largest absolute Gasteiger partial charge is 0.335 e. The number of carbonyl (C=O) groups excluding carboxylic acids is 1. The predicted octanol–water partition coefficient (Wildman–Crippen LogP) is 4.18. The van der Waals surface area contributed by atoms with Gasteiger partial charge in [0.25, 0.3) is 10.0 Å². The standard InChI is InChI=1S/C22H19N3O3S2/c1-14(22-23-16-9-3-4-11-18(16)29-22)24(2)20(26)13-25-17-10-5-7-15-8-6-12-19(21(15)17)30(25,27)28/h3-12,14H,13H2,1-2H3. The lowest BCUT2D eigenvalue weighted by atomic mass is 10.1. The second-order valence-corrected chi connectivity index (χ2v) is 10.2. The highest BCUT2D eigenvalue weighted by Crippen LogP contribution is 2.42. The molecule has 30 heavy (non-hydrogen) atoms. The van der Waals surface area contributed by atoms with E-state index in [0.29, 0.717) is 11.1 Å². The highest BCUT2D eigenvalue weighted by atomic mass is 32.2. The first-order valence-electron chi connectivity index (χ1n) is 9.53. The van der Waals surface area contributed by atoms with E-state index in [1.54, 1.807) is 41.5 Å². The van der Waals surface area contributed by atoms with Gasteiger partial charge in [0.15, 0.2) is 0 Å². The molecule has 1 aromatic heterocycles. The summed E-state index contributed by atoms with van der Waals surface area (Å²) in [5, 5.41) is 2.34. The first kappa shape index (κ1) is 19.0. The number of rotatable bonds is 4. The number of anilines is 1. The van der Waals surface area contributed by atoms with Gasteiger partial charge in [0, 0.05) is 12.4 Å². The minimum atomic E-state index is -3.77. The van der Waals surface area contributed by atoms with Crippen LogP contribution < -0.4 is 4.31 Å². The molecule has 1 aliphatic heterocycles. The zero-order valence-electron chi connectivity index (χ0n) is 16.4. The van der Waals surface area contributed by atoms with E-state index in [4.69, 9.17) is 0 Å². The molecule has 0 spiro atoms. The third-order valence-electron chi connectivity index (χ3n) is 5.60. The zero-order chi connectivity index (χ0) is 21.0. The number of hydrogen-bond acceptors (Lipinski definition) is 5. The minimum absolute atomic E-state index is 0.248. The molecule has 152 valence electrons. The van der Waals surface area contributed by atoms with Crippen molar-refractivity contribution < 1.29 is 13.2 Å². The summed E-state index contributed by atoms with van der Waals surface area (Å²) in [6, 6.07) is 18.2. The van der Waals surface area contributed by atoms with E-state index in [1.807, 2.05) is 49.4 Å². The fourth-order valence-electron chi connectivity index (χ4n) is 3.81. The zero-order valence-corrected chi connectivity index (χ0v) is 18.1. The molecular formula is C22H19N3O3S2. The smallest absolute Gasteiger partial charge is 0.265 e. The van der Waals surface area contributed by atoms with E-state index in [1.165, 1.54) is 4.31 Å². The Morgan fingerprint density at radius 1 is 1.10 bits per heavy atom. The van der Waals surface area contributed by atoms with Gasteiger partial charge in [0.2, 0.25) is 5.91 Å². The normalized spacial score (nSPS) is 15.6. The number of thiazole rings is 1. The summed E-state index contributed by atoms with van der Waals surface area (Å²) in [5.74, 6) is -0.282. The maximum Gasteiger partial charge on any atom is 0.265 e. The quantitative estimate of drug-likeness (QED) is 0.480. The van der Waals surface area contributed by atoms with Crippen LogP contribution in [0.5, 0.6) is 0 Å². The number of hydrogen-bond donors (Lipinski definition) is 0. The second kappa shape index (κ2) is 6.78. The number of benzene rings is 3. The third-order valence-corrected chi connectivity index (χ3v) is 8.61. The monoisotopic (exact) mass is 437 g/mol. The number of sulfonamides is 1. The molecule has 2 heterocycles. The number of nitrogens with zero attached hydrogens (tertiary/aromatic N) is 3. The third kappa shape index (κ3) is 2.79. The summed E-state index contributed by atoms with van der Waals surface area (Å²) in [7, 11) is -2.08. The average molecular weight is 438 g/mol. The van der Waals surface area contributed by atoms with Crippen molar-refractivity contribution in [1.29, 1.82) is 0 Å². The Morgan fingerprint density at radius 3 is 2.60 bits per heavy atom. The van der Waals surface area contributed by atoms with Gasteiger partial charge in [-0.1, -0.05) is 36.4 Å². The van der Waals surface area contributed by atoms with Gasteiger partial charge in [-0.25, -0.2) is 13.4 Å². The van der Waals surface area contributed by atoms with Crippen LogP contribution in [0.25, 0.3) is 21.0 Å². The summed E-state index contributed by atoms with van der Waals surface area (Å²) in [6.45, 7) is 1.66. The highest BCUT2D eigenvalue weighted by Gasteiger charge is 2.37. The SMILES string of the molecule is CC(c1nc2ccccc2s1)N(C)C(=O)CN1c2cccc3cccc(c23)S1(=O)=O. The molecule has 1 atom stereocenters. The molecule has 8 heteroatoms. The number of amides is 1. The predicted molar refractivity (Wildman–Crippen MR) is 119 cm³/mol. The van der Waals surface area contributed by atoms with E-state index in [9.17, 15) is 13.2 Å². The molecule has 0 radical (unpaired) electrons. The summed E-state index contributed by atoms with van der Waals surface area (Å²) in [5.41, 5.74) is 1.45. The van der Waals surface area contributed by atoms with Crippen molar-refractivity contribution in [2.45, 2.75) is 17.9 Å². The van der Waals surface area contributed by atoms with Gasteiger partial charge in [-0.3, -0.25) is 9.10 Å². The Hall–Kier alpha value is -2.97. The number of aromatic nitrogens is 1. The molecule has 3 aromatic carbocycles. The van der Waals surface area contributed by atoms with Crippen LogP contribution in [0.3, 0.4) is 0 Å². The van der Waals surface area contributed by atoms with Crippen molar-refractivity contribution in [2.24, 2.45) is 0 Å². The molecule has 1 aliphatic rings. The van der Waals surface area contributed by atoms with Gasteiger partial charge >= 0.3 is 0 Å². The summed E-state index contributed by atoms with van der Waals surface area (Å²) >= 11 is 1.54. The number of carbonyl (C=O) groups is 1. The van der Waals surface area contributed by atoms with E-state index < -0.39 is 10.0 Å². The molecule has 0 aliphatic carbocycles. The maximum absolute atomic E-state index is 13.1. The van der Waals surface area contributed by atoms with Gasteiger partial charge in [-0.2, -0.15) is 0 Å². The van der Waals surface area contributed by atoms with E-state index in [0.717, 1.165) is 20.6 Å². The summed E-state index contributed by atoms with van der Waals surface area (Å²) in [4.78, 5) is 19.5. The number of likely N-dealkylation sites (N-methyl/N-ethyl adjacent to an activating group) is 1. The van der Waals surface area contributed by atoms with Crippen LogP contribution in [-0.2, 0) is 14.8 Å². The van der Waals surface area contributed by atoms with Crippen molar-refractivity contribution >= 4 is 53.9 Å². The summed E-state index contributed by atoms with van der Waals surface area (Å²) in [6.07, 6.45) is 0. The van der Waals surface area contributed by atoms with Gasteiger partial charge in [-0.15, -0.1) is 11.3 Å². The second-order valence-electron chi connectivity index (χ2n) is 7.34. The molecule has 1 unspecified atom stereocenters. The first-order chi connectivity index (χ1) is 14.4. The molecular weight excluding hydrogens is 418 g/mol. The molecule has 5 rings (SSSR count).